The predicted molar refractivity (Wildman–Crippen MR) is 45.2 cm³/mol. The lowest BCUT2D eigenvalue weighted by atomic mass is 9.81. The van der Waals surface area contributed by atoms with Crippen molar-refractivity contribution in [1.82, 2.24) is 0 Å². The van der Waals surface area contributed by atoms with Gasteiger partial charge in [0.25, 0.3) is 0 Å². The Morgan fingerprint density at radius 3 is 2.00 bits per heavy atom. The quantitative estimate of drug-likeness (QED) is 0.584. The second kappa shape index (κ2) is 2.71. The average molecular weight is 169 g/mol. The molecular formula is C10H17O2. The van der Waals surface area contributed by atoms with Gasteiger partial charge in [0.1, 0.15) is 0 Å². The van der Waals surface area contributed by atoms with Gasteiger partial charge in [-0.15, -0.1) is 0 Å². The Bertz CT molecular complexity index is 167. The lowest BCUT2D eigenvalue weighted by Crippen LogP contribution is -2.45. The molecule has 2 saturated carbocycles. The Kier molecular flexibility index (Phi) is 1.92. The van der Waals surface area contributed by atoms with E-state index in [1.165, 1.54) is 6.42 Å². The number of hydrogen-bond acceptors (Lipinski definition) is 1. The molecule has 2 fully saturated rings. The molecule has 0 bridgehead atoms. The third-order valence-electron chi connectivity index (χ3n) is 3.21. The summed E-state index contributed by atoms with van der Waals surface area (Å²) in [5, 5.41) is 11.9. The first-order chi connectivity index (χ1) is 5.62. The van der Waals surface area contributed by atoms with Gasteiger partial charge in [-0.25, -0.2) is 0 Å². The summed E-state index contributed by atoms with van der Waals surface area (Å²) in [5.41, 5.74) is -0.0634. The fourth-order valence-electron chi connectivity index (χ4n) is 2.24. The molecular weight excluding hydrogens is 152 g/mol. The van der Waals surface area contributed by atoms with E-state index in [1.807, 2.05) is 0 Å². The van der Waals surface area contributed by atoms with Gasteiger partial charge in [-0.2, -0.15) is 5.11 Å². The summed E-state index contributed by atoms with van der Waals surface area (Å²) in [7, 11) is 0. The van der Waals surface area contributed by atoms with Gasteiger partial charge in [0.2, 0.25) is 5.79 Å². The highest BCUT2D eigenvalue weighted by atomic mass is 16.6. The third-order valence-corrected chi connectivity index (χ3v) is 3.21. The molecule has 0 spiro atoms. The number of hydrogen-bond donors (Lipinski definition) is 0. The fraction of sp³-hybridized carbons (Fsp3) is 1.00. The molecule has 0 saturated heterocycles. The van der Waals surface area contributed by atoms with Crippen LogP contribution in [0.25, 0.3) is 0 Å². The monoisotopic (exact) mass is 169 g/mol. The van der Waals surface area contributed by atoms with Crippen LogP contribution in [-0.2, 0) is 9.84 Å². The van der Waals surface area contributed by atoms with E-state index in [9.17, 15) is 5.11 Å². The van der Waals surface area contributed by atoms with Crippen molar-refractivity contribution in [1.29, 1.82) is 0 Å². The molecule has 2 nitrogen and oxygen atoms in total. The van der Waals surface area contributed by atoms with E-state index in [2.05, 4.69) is 6.92 Å². The van der Waals surface area contributed by atoms with Gasteiger partial charge in [-0.1, -0.05) is 0 Å². The van der Waals surface area contributed by atoms with E-state index in [1.54, 1.807) is 0 Å². The predicted octanol–water partition coefficient (Wildman–Crippen LogP) is 2.65. The summed E-state index contributed by atoms with van der Waals surface area (Å²) in [6.07, 6.45) is 6.95. The van der Waals surface area contributed by atoms with Crippen LogP contribution in [0, 0.1) is 0 Å². The van der Waals surface area contributed by atoms with Crippen molar-refractivity contribution in [3.63, 3.8) is 0 Å². The Morgan fingerprint density at radius 2 is 1.58 bits per heavy atom. The molecule has 0 aromatic carbocycles. The normalized spacial score (nSPS) is 31.5. The maximum atomic E-state index is 11.9. The molecule has 12 heavy (non-hydrogen) atoms. The molecule has 0 aromatic heterocycles. The van der Waals surface area contributed by atoms with Crippen LogP contribution in [-0.4, -0.2) is 11.4 Å². The molecule has 0 N–H and O–H groups in total. The van der Waals surface area contributed by atoms with Crippen LogP contribution in [0.4, 0.5) is 0 Å². The lowest BCUT2D eigenvalue weighted by Gasteiger charge is -2.42. The summed E-state index contributed by atoms with van der Waals surface area (Å²) in [6, 6.07) is 0. The van der Waals surface area contributed by atoms with Gasteiger partial charge in [-0.3, -0.25) is 0 Å². The zero-order valence-electron chi connectivity index (χ0n) is 7.77. The van der Waals surface area contributed by atoms with Crippen molar-refractivity contribution >= 4 is 0 Å². The molecule has 0 aliphatic heterocycles. The second-order valence-corrected chi connectivity index (χ2v) is 4.52. The number of rotatable bonds is 2. The summed E-state index contributed by atoms with van der Waals surface area (Å²) < 4.78 is 5.67. The molecule has 0 atom stereocenters. The highest BCUT2D eigenvalue weighted by Crippen LogP contribution is 2.42. The molecule has 0 aromatic rings. The van der Waals surface area contributed by atoms with E-state index in [-0.39, 0.29) is 5.60 Å². The Hall–Kier alpha value is -0.0800. The minimum absolute atomic E-state index is 0.0634. The molecule has 0 amide bonds. The van der Waals surface area contributed by atoms with E-state index in [4.69, 9.17) is 4.74 Å². The average Bonchev–Trinajstić information content (AvgIpc) is 2.33. The Balaban J connectivity index is 1.92. The van der Waals surface area contributed by atoms with Crippen molar-refractivity contribution in [2.45, 2.75) is 63.3 Å². The zero-order chi connectivity index (χ0) is 8.66. The second-order valence-electron chi connectivity index (χ2n) is 4.52. The van der Waals surface area contributed by atoms with E-state index < -0.39 is 5.79 Å². The van der Waals surface area contributed by atoms with Crippen molar-refractivity contribution in [3.05, 3.63) is 0 Å². The van der Waals surface area contributed by atoms with Crippen molar-refractivity contribution in [2.75, 3.05) is 0 Å². The fourth-order valence-corrected chi connectivity index (χ4v) is 2.24. The van der Waals surface area contributed by atoms with Gasteiger partial charge in [-0.05, 0) is 39.0 Å². The summed E-state index contributed by atoms with van der Waals surface area (Å²) in [5.74, 6) is -1.02. The molecule has 2 heteroatoms. The SMILES string of the molecule is CC1(OC2([O])CCCC2)CCC1. The van der Waals surface area contributed by atoms with Crippen LogP contribution in [0.2, 0.25) is 0 Å². The molecule has 0 unspecified atom stereocenters. The van der Waals surface area contributed by atoms with Crippen LogP contribution in [0.1, 0.15) is 51.9 Å². The van der Waals surface area contributed by atoms with Crippen LogP contribution in [0.5, 0.6) is 0 Å². The molecule has 69 valence electrons. The lowest BCUT2D eigenvalue weighted by molar-refractivity contribution is -0.302. The third kappa shape index (κ3) is 1.50. The Labute approximate surface area is 73.9 Å². The highest BCUT2D eigenvalue weighted by molar-refractivity contribution is 4.89. The summed E-state index contributed by atoms with van der Waals surface area (Å²) in [4.78, 5) is 0. The first kappa shape index (κ1) is 8.52. The molecule has 1 radical (unpaired) electrons. The maximum Gasteiger partial charge on any atom is 0.202 e. The molecule has 0 heterocycles. The summed E-state index contributed by atoms with van der Waals surface area (Å²) >= 11 is 0. The summed E-state index contributed by atoms with van der Waals surface area (Å²) in [6.45, 7) is 2.08. The van der Waals surface area contributed by atoms with Gasteiger partial charge >= 0.3 is 0 Å². The maximum absolute atomic E-state index is 11.9. The van der Waals surface area contributed by atoms with Gasteiger partial charge in [0.15, 0.2) is 0 Å². The van der Waals surface area contributed by atoms with Gasteiger partial charge < -0.3 is 4.74 Å². The van der Waals surface area contributed by atoms with E-state index in [0.717, 1.165) is 38.5 Å². The van der Waals surface area contributed by atoms with E-state index in [0.29, 0.717) is 0 Å². The molecule has 2 rings (SSSR count). The van der Waals surface area contributed by atoms with Crippen molar-refractivity contribution < 1.29 is 9.84 Å². The largest absolute Gasteiger partial charge is 0.341 e. The van der Waals surface area contributed by atoms with Crippen LogP contribution in [0.15, 0.2) is 0 Å². The smallest absolute Gasteiger partial charge is 0.202 e. The van der Waals surface area contributed by atoms with Crippen LogP contribution in [0.3, 0.4) is 0 Å². The van der Waals surface area contributed by atoms with Gasteiger partial charge in [0, 0.05) is 12.8 Å². The molecule has 2 aliphatic rings. The van der Waals surface area contributed by atoms with Gasteiger partial charge in [0.05, 0.1) is 5.60 Å². The van der Waals surface area contributed by atoms with Crippen molar-refractivity contribution in [3.8, 4) is 0 Å². The first-order valence-corrected chi connectivity index (χ1v) is 5.03. The number of ether oxygens (including phenoxy) is 1. The molecule has 2 aliphatic carbocycles. The highest BCUT2D eigenvalue weighted by Gasteiger charge is 2.44. The minimum Gasteiger partial charge on any atom is -0.341 e. The van der Waals surface area contributed by atoms with Crippen LogP contribution < -0.4 is 0 Å². The Morgan fingerprint density at radius 1 is 1.00 bits per heavy atom. The standard InChI is InChI=1S/C10H17O2/c1-9(5-4-6-9)12-10(11)7-2-3-8-10/h2-8H2,1H3. The van der Waals surface area contributed by atoms with Crippen LogP contribution >= 0.6 is 0 Å². The zero-order valence-corrected chi connectivity index (χ0v) is 7.77. The minimum atomic E-state index is -1.02. The first-order valence-electron chi connectivity index (χ1n) is 5.03. The topological polar surface area (TPSA) is 29.1 Å². The van der Waals surface area contributed by atoms with Crippen molar-refractivity contribution in [2.24, 2.45) is 0 Å². The van der Waals surface area contributed by atoms with E-state index >= 15 is 0 Å².